The maximum absolute atomic E-state index is 2.52. The van der Waals surface area contributed by atoms with Crippen LogP contribution in [-0.2, 0) is 0 Å². The van der Waals surface area contributed by atoms with Crippen LogP contribution in [0.4, 0.5) is 0 Å². The summed E-state index contributed by atoms with van der Waals surface area (Å²) in [6.45, 7) is 0. The van der Waals surface area contributed by atoms with E-state index >= 15 is 0 Å². The Morgan fingerprint density at radius 3 is 0.774 bits per heavy atom. The van der Waals surface area contributed by atoms with E-state index < -0.39 is 0 Å². The average molecular weight is 781 g/mol. The third kappa shape index (κ3) is 4.56. The molecule has 0 atom stereocenters. The van der Waals surface area contributed by atoms with Crippen LogP contribution in [0, 0.1) is 0 Å². The number of hydrogen-bond donors (Lipinski definition) is 0. The minimum absolute atomic E-state index is 1.24. The molecule has 0 saturated carbocycles. The van der Waals surface area contributed by atoms with Crippen molar-refractivity contribution in [1.29, 1.82) is 0 Å². The summed E-state index contributed by atoms with van der Waals surface area (Å²) < 4.78 is 0. The lowest BCUT2D eigenvalue weighted by molar-refractivity contribution is 1.59. The molecular formula is C62H36. The van der Waals surface area contributed by atoms with E-state index in [1.54, 1.807) is 0 Å². The Morgan fingerprint density at radius 2 is 0.452 bits per heavy atom. The topological polar surface area (TPSA) is 0 Å². The van der Waals surface area contributed by atoms with Gasteiger partial charge in [-0.2, -0.15) is 0 Å². The van der Waals surface area contributed by atoms with Crippen molar-refractivity contribution >= 4 is 53.9 Å². The summed E-state index contributed by atoms with van der Waals surface area (Å²) in [7, 11) is 0. The van der Waals surface area contributed by atoms with Crippen molar-refractivity contribution in [1.82, 2.24) is 0 Å². The zero-order valence-corrected chi connectivity index (χ0v) is 33.8. The number of benzene rings is 12. The molecule has 0 bridgehead atoms. The zero-order valence-electron chi connectivity index (χ0n) is 33.8. The highest BCUT2D eigenvalue weighted by atomic mass is 14.3. The van der Waals surface area contributed by atoms with E-state index in [2.05, 4.69) is 218 Å². The van der Waals surface area contributed by atoms with E-state index in [4.69, 9.17) is 0 Å². The van der Waals surface area contributed by atoms with E-state index in [-0.39, 0.29) is 0 Å². The van der Waals surface area contributed by atoms with Gasteiger partial charge in [0.2, 0.25) is 0 Å². The Labute approximate surface area is 359 Å². The quantitative estimate of drug-likeness (QED) is 0.156. The zero-order chi connectivity index (χ0) is 40.5. The van der Waals surface area contributed by atoms with E-state index in [1.165, 1.54) is 143 Å². The molecule has 62 heavy (non-hydrogen) atoms. The molecule has 0 aliphatic heterocycles. The second kappa shape index (κ2) is 12.7. The first-order valence-electron chi connectivity index (χ1n) is 21.7. The number of hydrogen-bond acceptors (Lipinski definition) is 0. The molecule has 0 nitrogen and oxygen atoms in total. The first kappa shape index (κ1) is 33.7. The van der Waals surface area contributed by atoms with Crippen molar-refractivity contribution in [3.05, 3.63) is 218 Å². The molecule has 0 radical (unpaired) electrons. The molecule has 0 aromatic heterocycles. The predicted octanol–water partition coefficient (Wildman–Crippen LogP) is 17.4. The van der Waals surface area contributed by atoms with Crippen LogP contribution in [0.3, 0.4) is 0 Å². The van der Waals surface area contributed by atoms with E-state index in [0.717, 1.165) is 0 Å². The van der Waals surface area contributed by atoms with Gasteiger partial charge in [-0.25, -0.2) is 0 Å². The van der Waals surface area contributed by atoms with Crippen LogP contribution >= 0.6 is 0 Å². The standard InChI is InChI=1S/C62H36/c1-5-15-37(16-6-1)41-27-29-43(39-19-9-3-10-20-39)61-55-35-53-45-32-34-48-50-24-14-26-52-58(50)56(36-54(48)46(45)31-33-47(53)49-23-13-25-51(57(49)55)59(41)61)62-44(40-21-11-4-12-22-40)30-28-42(60(52)62)38-17-7-2-8-18-38/h1-36H. The molecule has 2 aliphatic rings. The molecule has 0 spiro atoms. The largest absolute Gasteiger partial charge is 0.0622 e. The van der Waals surface area contributed by atoms with Crippen LogP contribution in [0.1, 0.15) is 0 Å². The Morgan fingerprint density at radius 1 is 0.161 bits per heavy atom. The minimum atomic E-state index is 1.24. The van der Waals surface area contributed by atoms with E-state index in [9.17, 15) is 0 Å². The van der Waals surface area contributed by atoms with Crippen molar-refractivity contribution in [2.75, 3.05) is 0 Å². The lowest BCUT2D eigenvalue weighted by Gasteiger charge is -2.16. The van der Waals surface area contributed by atoms with Crippen LogP contribution in [-0.4, -0.2) is 0 Å². The Bertz CT molecular complexity index is 3600. The average Bonchev–Trinajstić information content (AvgIpc) is 3.86. The van der Waals surface area contributed by atoms with Crippen molar-refractivity contribution in [2.45, 2.75) is 0 Å². The highest BCUT2D eigenvalue weighted by Gasteiger charge is 2.31. The maximum atomic E-state index is 2.52. The van der Waals surface area contributed by atoms with Crippen LogP contribution in [0.2, 0.25) is 0 Å². The van der Waals surface area contributed by atoms with Crippen LogP contribution < -0.4 is 0 Å². The highest BCUT2D eigenvalue weighted by molar-refractivity contribution is 6.34. The van der Waals surface area contributed by atoms with Gasteiger partial charge < -0.3 is 0 Å². The van der Waals surface area contributed by atoms with Crippen LogP contribution in [0.5, 0.6) is 0 Å². The van der Waals surface area contributed by atoms with Crippen molar-refractivity contribution in [2.24, 2.45) is 0 Å². The third-order valence-electron chi connectivity index (χ3n) is 13.9. The fourth-order valence-electron chi connectivity index (χ4n) is 11.4. The van der Waals surface area contributed by atoms with E-state index in [1.807, 2.05) is 0 Å². The smallest absolute Gasteiger partial charge is 0.00137 e. The van der Waals surface area contributed by atoms with Gasteiger partial charge in [0, 0.05) is 0 Å². The predicted molar refractivity (Wildman–Crippen MR) is 265 cm³/mol. The summed E-state index contributed by atoms with van der Waals surface area (Å²) in [5.41, 5.74) is 20.7. The van der Waals surface area contributed by atoms with Crippen molar-refractivity contribution in [3.8, 4) is 89.0 Å². The van der Waals surface area contributed by atoms with Crippen molar-refractivity contribution < 1.29 is 0 Å². The molecule has 0 N–H and O–H groups in total. The fraction of sp³-hybridized carbons (Fsp3) is 0. The van der Waals surface area contributed by atoms with Gasteiger partial charge in [0.05, 0.1) is 0 Å². The van der Waals surface area contributed by atoms with E-state index in [0.29, 0.717) is 0 Å². The van der Waals surface area contributed by atoms with Gasteiger partial charge >= 0.3 is 0 Å². The lowest BCUT2D eigenvalue weighted by Crippen LogP contribution is -1.90. The first-order valence-corrected chi connectivity index (χ1v) is 21.7. The molecule has 0 saturated heterocycles. The van der Waals surface area contributed by atoms with Gasteiger partial charge in [-0.05, 0) is 155 Å². The van der Waals surface area contributed by atoms with Gasteiger partial charge in [-0.3, -0.25) is 0 Å². The number of rotatable bonds is 4. The molecular weight excluding hydrogens is 745 g/mol. The number of fused-ring (bicyclic) bond motifs is 13. The second-order valence-electron chi connectivity index (χ2n) is 17.0. The summed E-state index contributed by atoms with van der Waals surface area (Å²) in [5, 5.41) is 13.1. The van der Waals surface area contributed by atoms with Crippen LogP contribution in [0.25, 0.3) is 143 Å². The summed E-state index contributed by atoms with van der Waals surface area (Å²) in [6.07, 6.45) is 0. The van der Waals surface area contributed by atoms with Gasteiger partial charge in [0.1, 0.15) is 0 Å². The monoisotopic (exact) mass is 780 g/mol. The molecule has 0 unspecified atom stereocenters. The van der Waals surface area contributed by atoms with Gasteiger partial charge in [-0.15, -0.1) is 0 Å². The minimum Gasteiger partial charge on any atom is -0.0622 e. The Kier molecular flexibility index (Phi) is 6.92. The molecule has 12 aromatic carbocycles. The molecule has 2 aliphatic carbocycles. The summed E-state index contributed by atoms with van der Waals surface area (Å²) in [5.74, 6) is 0. The van der Waals surface area contributed by atoms with Crippen molar-refractivity contribution in [3.63, 3.8) is 0 Å². The summed E-state index contributed by atoms with van der Waals surface area (Å²) >= 11 is 0. The molecule has 0 fully saturated rings. The van der Waals surface area contributed by atoms with Crippen LogP contribution in [0.15, 0.2) is 218 Å². The molecule has 0 heterocycles. The van der Waals surface area contributed by atoms with Gasteiger partial charge in [-0.1, -0.05) is 206 Å². The fourth-order valence-corrected chi connectivity index (χ4v) is 11.4. The molecule has 12 aromatic rings. The molecule has 0 amide bonds. The molecule has 0 heteroatoms. The summed E-state index contributed by atoms with van der Waals surface area (Å²) in [4.78, 5) is 0. The highest BCUT2D eigenvalue weighted by Crippen LogP contribution is 2.58. The first-order chi connectivity index (χ1) is 30.8. The maximum Gasteiger partial charge on any atom is -0.00137 e. The SMILES string of the molecule is c1ccc(-c2ccc(-c3ccccc3)c3c2-c2cccc4c2c-3cc2c4ccc3c4cc5c6c(cccc6c4ccc23)-c2c(-c3ccccc3)ccc(-c3ccccc3)c2-5)cc1. The van der Waals surface area contributed by atoms with Gasteiger partial charge in [0.15, 0.2) is 0 Å². The Balaban J connectivity index is 1.08. The summed E-state index contributed by atoms with van der Waals surface area (Å²) in [6, 6.07) is 81.6. The third-order valence-corrected chi connectivity index (χ3v) is 13.9. The normalized spacial score (nSPS) is 12.2. The Hall–Kier alpha value is -8.06. The van der Waals surface area contributed by atoms with Gasteiger partial charge in [0.25, 0.3) is 0 Å². The second-order valence-corrected chi connectivity index (χ2v) is 17.0. The molecule has 14 rings (SSSR count). The lowest BCUT2D eigenvalue weighted by atomic mass is 9.86. The molecule has 284 valence electrons.